The lowest BCUT2D eigenvalue weighted by molar-refractivity contribution is -0.116. The quantitative estimate of drug-likeness (QED) is 0.540. The minimum Gasteiger partial charge on any atom is -0.343 e. The first-order valence-corrected chi connectivity index (χ1v) is 10.6. The lowest BCUT2D eigenvalue weighted by atomic mass is 10.1. The van der Waals surface area contributed by atoms with Crippen LogP contribution < -0.4 is 10.2 Å². The van der Waals surface area contributed by atoms with E-state index in [1.165, 1.54) is 11.3 Å². The Morgan fingerprint density at radius 1 is 1.07 bits per heavy atom. The van der Waals surface area contributed by atoms with Gasteiger partial charge in [0, 0.05) is 31.4 Å². The summed E-state index contributed by atoms with van der Waals surface area (Å²) in [5.41, 5.74) is 6.22. The molecule has 0 fully saturated rings. The Hall–Kier alpha value is -3.08. The van der Waals surface area contributed by atoms with Gasteiger partial charge < -0.3 is 10.2 Å². The average molecular weight is 405 g/mol. The third-order valence-electron chi connectivity index (χ3n) is 5.35. The Morgan fingerprint density at radius 2 is 1.73 bits per heavy atom. The highest BCUT2D eigenvalue weighted by atomic mass is 16.1. The number of nitrogens with one attached hydrogen (secondary N) is 1. The zero-order valence-corrected chi connectivity index (χ0v) is 18.6. The van der Waals surface area contributed by atoms with Gasteiger partial charge in [0.25, 0.3) is 0 Å². The van der Waals surface area contributed by atoms with Crippen LogP contribution in [0.2, 0.25) is 0 Å². The molecule has 0 unspecified atom stereocenters. The highest BCUT2D eigenvalue weighted by molar-refractivity contribution is 5.95. The van der Waals surface area contributed by atoms with Gasteiger partial charge in [-0.05, 0) is 56.0 Å². The predicted octanol–water partition coefficient (Wildman–Crippen LogP) is 5.50. The van der Waals surface area contributed by atoms with Gasteiger partial charge in [-0.25, -0.2) is 0 Å². The van der Waals surface area contributed by atoms with Gasteiger partial charge in [0.05, 0.1) is 17.1 Å². The molecule has 1 aromatic heterocycles. The van der Waals surface area contributed by atoms with Crippen LogP contribution in [0, 0.1) is 19.8 Å². The second-order valence-electron chi connectivity index (χ2n) is 8.19. The fourth-order valence-electron chi connectivity index (χ4n) is 3.73. The number of hydrogen-bond donors (Lipinski definition) is 1. The molecule has 0 saturated carbocycles. The molecule has 0 atom stereocenters. The Kier molecular flexibility index (Phi) is 6.93. The van der Waals surface area contributed by atoms with Gasteiger partial charge >= 0.3 is 0 Å². The van der Waals surface area contributed by atoms with Crippen molar-refractivity contribution in [1.29, 1.82) is 0 Å². The molecule has 0 aliphatic carbocycles. The van der Waals surface area contributed by atoms with Crippen LogP contribution in [-0.4, -0.2) is 22.7 Å². The molecule has 0 aliphatic heterocycles. The number of rotatable bonds is 8. The summed E-state index contributed by atoms with van der Waals surface area (Å²) in [7, 11) is 2.01. The van der Waals surface area contributed by atoms with E-state index in [1.54, 1.807) is 0 Å². The Balaban J connectivity index is 1.69. The highest BCUT2D eigenvalue weighted by Crippen LogP contribution is 2.30. The van der Waals surface area contributed by atoms with Crippen LogP contribution in [0.3, 0.4) is 0 Å². The van der Waals surface area contributed by atoms with Crippen LogP contribution in [0.5, 0.6) is 0 Å². The third-order valence-corrected chi connectivity index (χ3v) is 5.35. The van der Waals surface area contributed by atoms with Crippen molar-refractivity contribution < 1.29 is 4.79 Å². The molecule has 5 heteroatoms. The van der Waals surface area contributed by atoms with Gasteiger partial charge in [0.1, 0.15) is 0 Å². The number of carbonyl (C=O) groups excluding carboxylic acids is 1. The van der Waals surface area contributed by atoms with Crippen LogP contribution in [0.15, 0.2) is 54.6 Å². The van der Waals surface area contributed by atoms with E-state index in [4.69, 9.17) is 0 Å². The second-order valence-corrected chi connectivity index (χ2v) is 8.19. The number of nitrogens with zero attached hydrogens (tertiary/aromatic N) is 3. The first-order chi connectivity index (χ1) is 14.4. The summed E-state index contributed by atoms with van der Waals surface area (Å²) in [4.78, 5) is 14.8. The molecule has 0 aliphatic rings. The molecule has 0 bridgehead atoms. The molecular weight excluding hydrogens is 372 g/mol. The van der Waals surface area contributed by atoms with Crippen LogP contribution in [0.4, 0.5) is 17.1 Å². The topological polar surface area (TPSA) is 50.2 Å². The van der Waals surface area contributed by atoms with Gasteiger partial charge in [0.15, 0.2) is 0 Å². The van der Waals surface area contributed by atoms with Gasteiger partial charge in [0.2, 0.25) is 5.91 Å². The van der Waals surface area contributed by atoms with Crippen molar-refractivity contribution in [2.45, 2.75) is 47.1 Å². The highest BCUT2D eigenvalue weighted by Gasteiger charge is 2.15. The summed E-state index contributed by atoms with van der Waals surface area (Å²) in [6.07, 6.45) is 1.12. The van der Waals surface area contributed by atoms with E-state index in [0.717, 1.165) is 29.3 Å². The lowest BCUT2D eigenvalue weighted by Gasteiger charge is -2.22. The molecule has 3 rings (SSSR count). The molecule has 0 spiro atoms. The van der Waals surface area contributed by atoms with Gasteiger partial charge in [-0.2, -0.15) is 5.10 Å². The number of hydrogen-bond acceptors (Lipinski definition) is 3. The molecule has 1 heterocycles. The van der Waals surface area contributed by atoms with E-state index in [2.05, 4.69) is 52.9 Å². The van der Waals surface area contributed by atoms with Crippen LogP contribution in [0.25, 0.3) is 0 Å². The van der Waals surface area contributed by atoms with Crippen molar-refractivity contribution in [2.75, 3.05) is 17.3 Å². The van der Waals surface area contributed by atoms with Crippen molar-refractivity contribution in [3.8, 4) is 0 Å². The second kappa shape index (κ2) is 9.61. The molecule has 1 amide bonds. The molecule has 30 heavy (non-hydrogen) atoms. The SMILES string of the molecule is Cc1nn(CC(C)C)c(C)c1CCC(=O)Nc1ccccc1N(C)c1ccccc1. The number of benzene rings is 2. The maximum Gasteiger partial charge on any atom is 0.224 e. The van der Waals surface area contributed by atoms with Gasteiger partial charge in [-0.1, -0.05) is 44.2 Å². The standard InChI is InChI=1S/C25H32N4O/c1-18(2)17-29-20(4)22(19(3)27-29)15-16-25(30)26-23-13-9-10-14-24(23)28(5)21-11-7-6-8-12-21/h6-14,18H,15-17H2,1-5H3,(H,26,30). The maximum absolute atomic E-state index is 12.7. The predicted molar refractivity (Wildman–Crippen MR) is 124 cm³/mol. The molecule has 3 aromatic rings. The minimum atomic E-state index is 0.0133. The summed E-state index contributed by atoms with van der Waals surface area (Å²) in [5, 5.41) is 7.76. The lowest BCUT2D eigenvalue weighted by Crippen LogP contribution is -2.17. The molecule has 0 radical (unpaired) electrons. The van der Waals surface area contributed by atoms with E-state index in [9.17, 15) is 4.79 Å². The number of para-hydroxylation sites is 3. The molecule has 0 saturated heterocycles. The van der Waals surface area contributed by atoms with E-state index >= 15 is 0 Å². The van der Waals surface area contributed by atoms with Crippen molar-refractivity contribution in [1.82, 2.24) is 9.78 Å². The molecule has 5 nitrogen and oxygen atoms in total. The van der Waals surface area contributed by atoms with Crippen molar-refractivity contribution in [2.24, 2.45) is 5.92 Å². The largest absolute Gasteiger partial charge is 0.343 e. The molecule has 2 aromatic carbocycles. The molecule has 1 N–H and O–H groups in total. The number of amides is 1. The summed E-state index contributed by atoms with van der Waals surface area (Å²) >= 11 is 0. The number of carbonyl (C=O) groups is 1. The minimum absolute atomic E-state index is 0.0133. The van der Waals surface area contributed by atoms with Crippen LogP contribution in [0.1, 0.15) is 37.2 Å². The summed E-state index contributed by atoms with van der Waals surface area (Å²) in [6, 6.07) is 18.0. The molecule has 158 valence electrons. The smallest absolute Gasteiger partial charge is 0.224 e. The number of anilines is 3. The molecular formula is C25H32N4O. The van der Waals surface area contributed by atoms with Crippen LogP contribution >= 0.6 is 0 Å². The normalized spacial score (nSPS) is 11.0. The zero-order valence-electron chi connectivity index (χ0n) is 18.6. The van der Waals surface area contributed by atoms with E-state index in [0.29, 0.717) is 18.8 Å². The van der Waals surface area contributed by atoms with Crippen molar-refractivity contribution in [3.05, 3.63) is 71.5 Å². The fraction of sp³-hybridized carbons (Fsp3) is 0.360. The first-order valence-electron chi connectivity index (χ1n) is 10.6. The van der Waals surface area contributed by atoms with Crippen LogP contribution in [-0.2, 0) is 17.8 Å². The first kappa shape index (κ1) is 21.6. The Morgan fingerprint density at radius 3 is 2.43 bits per heavy atom. The van der Waals surface area contributed by atoms with Gasteiger partial charge in [-0.15, -0.1) is 0 Å². The van der Waals surface area contributed by atoms with Crippen molar-refractivity contribution in [3.63, 3.8) is 0 Å². The number of aromatic nitrogens is 2. The maximum atomic E-state index is 12.7. The van der Waals surface area contributed by atoms with E-state index in [1.807, 2.05) is 56.4 Å². The Bertz CT molecular complexity index is 992. The Labute approximate surface area is 179 Å². The number of aryl methyl sites for hydroxylation is 1. The summed E-state index contributed by atoms with van der Waals surface area (Å²) in [6.45, 7) is 9.40. The monoisotopic (exact) mass is 404 g/mol. The summed E-state index contributed by atoms with van der Waals surface area (Å²) in [5.74, 6) is 0.552. The van der Waals surface area contributed by atoms with Crippen molar-refractivity contribution >= 4 is 23.0 Å². The third kappa shape index (κ3) is 5.09. The van der Waals surface area contributed by atoms with E-state index < -0.39 is 0 Å². The summed E-state index contributed by atoms with van der Waals surface area (Å²) < 4.78 is 2.07. The van der Waals surface area contributed by atoms with E-state index in [-0.39, 0.29) is 5.91 Å². The van der Waals surface area contributed by atoms with Gasteiger partial charge in [-0.3, -0.25) is 9.48 Å². The zero-order chi connectivity index (χ0) is 21.7. The average Bonchev–Trinajstić information content (AvgIpc) is 2.99. The fourth-order valence-corrected chi connectivity index (χ4v) is 3.73.